The summed E-state index contributed by atoms with van der Waals surface area (Å²) in [6.07, 6.45) is 2.14. The maximum absolute atomic E-state index is 12.0. The van der Waals surface area contributed by atoms with Gasteiger partial charge in [0.25, 0.3) is 0 Å². The summed E-state index contributed by atoms with van der Waals surface area (Å²) in [5, 5.41) is 0. The van der Waals surface area contributed by atoms with Crippen LogP contribution in [0.2, 0.25) is 0 Å². The Morgan fingerprint density at radius 3 is 2.72 bits per heavy atom. The number of hydrogen-bond donors (Lipinski definition) is 0. The second kappa shape index (κ2) is 4.63. The number of halogens is 1. The van der Waals surface area contributed by atoms with Crippen molar-refractivity contribution >= 4 is 33.0 Å². The highest BCUT2D eigenvalue weighted by Gasteiger charge is 2.31. The molecule has 0 amide bonds. The van der Waals surface area contributed by atoms with Crippen molar-refractivity contribution in [1.29, 1.82) is 0 Å². The normalized spacial score (nSPS) is 14.8. The van der Waals surface area contributed by atoms with Crippen LogP contribution < -0.4 is 0 Å². The number of ketones is 1. The third kappa shape index (κ3) is 2.29. The van der Waals surface area contributed by atoms with Crippen LogP contribution in [0.4, 0.5) is 0 Å². The average molecular weight is 321 g/mol. The molecule has 0 radical (unpaired) electrons. The molecule has 1 aromatic heterocycles. The summed E-state index contributed by atoms with van der Waals surface area (Å²) < 4.78 is 1.09. The van der Waals surface area contributed by atoms with E-state index in [0.29, 0.717) is 11.7 Å². The Morgan fingerprint density at radius 2 is 2.06 bits per heavy atom. The van der Waals surface area contributed by atoms with E-state index in [-0.39, 0.29) is 0 Å². The van der Waals surface area contributed by atoms with Crippen LogP contribution >= 0.6 is 27.3 Å². The lowest BCUT2D eigenvalue weighted by molar-refractivity contribution is 0.0971. The average Bonchev–Trinajstić information content (AvgIpc) is 3.07. The van der Waals surface area contributed by atoms with Crippen molar-refractivity contribution < 1.29 is 4.79 Å². The molecule has 92 valence electrons. The smallest absolute Gasteiger partial charge is 0.175 e. The monoisotopic (exact) mass is 320 g/mol. The zero-order chi connectivity index (χ0) is 12.7. The van der Waals surface area contributed by atoms with E-state index in [1.165, 1.54) is 11.1 Å². The molecule has 0 aliphatic heterocycles. The molecule has 1 saturated carbocycles. The summed E-state index contributed by atoms with van der Waals surface area (Å²) in [5.41, 5.74) is 2.40. The van der Waals surface area contributed by atoms with Crippen LogP contribution in [0, 0.1) is 12.8 Å². The first-order valence-corrected chi connectivity index (χ1v) is 7.66. The number of thiophene rings is 1. The van der Waals surface area contributed by atoms with Crippen molar-refractivity contribution in [2.24, 2.45) is 5.92 Å². The molecule has 0 saturated heterocycles. The summed E-state index contributed by atoms with van der Waals surface area (Å²) in [4.78, 5) is 14.1. The molecular formula is C15H13BrOS. The fraction of sp³-hybridized carbons (Fsp3) is 0.267. The van der Waals surface area contributed by atoms with Crippen LogP contribution in [0.1, 0.15) is 28.1 Å². The summed E-state index contributed by atoms with van der Waals surface area (Å²) in [7, 11) is 0. The van der Waals surface area contributed by atoms with Crippen molar-refractivity contribution in [3.63, 3.8) is 0 Å². The number of hydrogen-bond acceptors (Lipinski definition) is 2. The van der Waals surface area contributed by atoms with E-state index < -0.39 is 0 Å². The van der Waals surface area contributed by atoms with Crippen LogP contribution in [-0.4, -0.2) is 5.78 Å². The molecule has 0 unspecified atom stereocenters. The van der Waals surface area contributed by atoms with E-state index in [0.717, 1.165) is 27.1 Å². The largest absolute Gasteiger partial charge is 0.293 e. The van der Waals surface area contributed by atoms with Gasteiger partial charge in [-0.15, -0.1) is 11.3 Å². The molecule has 0 spiro atoms. The molecule has 1 fully saturated rings. The van der Waals surface area contributed by atoms with Crippen molar-refractivity contribution in [2.45, 2.75) is 19.8 Å². The topological polar surface area (TPSA) is 17.1 Å². The van der Waals surface area contributed by atoms with Crippen LogP contribution in [0.15, 0.2) is 34.8 Å². The Balaban J connectivity index is 1.94. The summed E-state index contributed by atoms with van der Waals surface area (Å²) in [6, 6.07) is 10.3. The Labute approximate surface area is 119 Å². The molecule has 2 aromatic rings. The third-order valence-electron chi connectivity index (χ3n) is 3.19. The van der Waals surface area contributed by atoms with Crippen LogP contribution in [-0.2, 0) is 0 Å². The fourth-order valence-electron chi connectivity index (χ4n) is 1.98. The SMILES string of the molecule is Cc1ccc(-c2ccc(C(=O)C3CC3)s2)c(Br)c1. The first-order valence-electron chi connectivity index (χ1n) is 6.06. The highest BCUT2D eigenvalue weighted by Crippen LogP contribution is 2.38. The van der Waals surface area contributed by atoms with Gasteiger partial charge >= 0.3 is 0 Å². The number of rotatable bonds is 3. The Bertz CT molecular complexity index is 611. The molecule has 1 heterocycles. The van der Waals surface area contributed by atoms with E-state index in [9.17, 15) is 4.79 Å². The molecular weight excluding hydrogens is 308 g/mol. The van der Waals surface area contributed by atoms with Gasteiger partial charge in [-0.2, -0.15) is 0 Å². The van der Waals surface area contributed by atoms with Gasteiger partial charge in [0.05, 0.1) is 4.88 Å². The molecule has 1 aliphatic carbocycles. The quantitative estimate of drug-likeness (QED) is 0.721. The number of carbonyl (C=O) groups is 1. The van der Waals surface area contributed by atoms with Crippen molar-refractivity contribution in [3.05, 3.63) is 45.2 Å². The predicted octanol–water partition coefficient (Wildman–Crippen LogP) is 5.08. The molecule has 1 aliphatic rings. The van der Waals surface area contributed by atoms with E-state index >= 15 is 0 Å². The lowest BCUT2D eigenvalue weighted by Gasteiger charge is -2.02. The zero-order valence-corrected chi connectivity index (χ0v) is 12.5. The minimum atomic E-state index is 0.304. The third-order valence-corrected chi connectivity index (χ3v) is 4.98. The van der Waals surface area contributed by atoms with Gasteiger partial charge in [0, 0.05) is 20.8 Å². The highest BCUT2D eigenvalue weighted by atomic mass is 79.9. The number of aryl methyl sites for hydroxylation is 1. The van der Waals surface area contributed by atoms with Gasteiger partial charge in [0.1, 0.15) is 0 Å². The van der Waals surface area contributed by atoms with Gasteiger partial charge in [-0.25, -0.2) is 0 Å². The fourth-order valence-corrected chi connectivity index (χ4v) is 3.88. The van der Waals surface area contributed by atoms with Crippen molar-refractivity contribution in [3.8, 4) is 10.4 Å². The Hall–Kier alpha value is -0.930. The maximum atomic E-state index is 12.0. The standard InChI is InChI=1S/C15H13BrOS/c1-9-2-5-11(12(16)8-9)13-6-7-14(18-13)15(17)10-3-4-10/h2,5-8,10H,3-4H2,1H3. The highest BCUT2D eigenvalue weighted by molar-refractivity contribution is 9.10. The minimum Gasteiger partial charge on any atom is -0.293 e. The van der Waals surface area contributed by atoms with Gasteiger partial charge < -0.3 is 0 Å². The van der Waals surface area contributed by atoms with E-state index in [2.05, 4.69) is 47.1 Å². The van der Waals surface area contributed by atoms with Gasteiger partial charge in [-0.1, -0.05) is 28.1 Å². The van der Waals surface area contributed by atoms with E-state index in [1.54, 1.807) is 11.3 Å². The van der Waals surface area contributed by atoms with E-state index in [4.69, 9.17) is 0 Å². The van der Waals surface area contributed by atoms with Crippen LogP contribution in [0.5, 0.6) is 0 Å². The molecule has 0 atom stereocenters. The minimum absolute atomic E-state index is 0.304. The molecule has 1 nitrogen and oxygen atoms in total. The number of Topliss-reactive ketones (excluding diaryl/α,β-unsaturated/α-hetero) is 1. The second-order valence-corrected chi connectivity index (χ2v) is 6.72. The predicted molar refractivity (Wildman–Crippen MR) is 79.2 cm³/mol. The number of benzene rings is 1. The molecule has 0 bridgehead atoms. The first-order chi connectivity index (χ1) is 8.65. The first kappa shape index (κ1) is 12.1. The lowest BCUT2D eigenvalue weighted by Crippen LogP contribution is -1.96. The van der Waals surface area contributed by atoms with Crippen molar-refractivity contribution in [2.75, 3.05) is 0 Å². The molecule has 0 N–H and O–H groups in total. The molecule has 18 heavy (non-hydrogen) atoms. The summed E-state index contributed by atoms with van der Waals surface area (Å²) >= 11 is 5.20. The Morgan fingerprint density at radius 1 is 1.28 bits per heavy atom. The molecule has 1 aromatic carbocycles. The van der Waals surface area contributed by atoms with Crippen LogP contribution in [0.3, 0.4) is 0 Å². The van der Waals surface area contributed by atoms with Gasteiger partial charge in [-0.05, 0) is 43.5 Å². The lowest BCUT2D eigenvalue weighted by atomic mass is 10.1. The van der Waals surface area contributed by atoms with Crippen molar-refractivity contribution in [1.82, 2.24) is 0 Å². The molecule has 3 heteroatoms. The van der Waals surface area contributed by atoms with Gasteiger partial charge in [0.15, 0.2) is 5.78 Å². The van der Waals surface area contributed by atoms with Crippen LogP contribution in [0.25, 0.3) is 10.4 Å². The summed E-state index contributed by atoms with van der Waals surface area (Å²) in [5.74, 6) is 0.632. The number of carbonyl (C=O) groups excluding carboxylic acids is 1. The van der Waals surface area contributed by atoms with Gasteiger partial charge in [-0.3, -0.25) is 4.79 Å². The van der Waals surface area contributed by atoms with E-state index in [1.807, 2.05) is 6.07 Å². The van der Waals surface area contributed by atoms with Gasteiger partial charge in [0.2, 0.25) is 0 Å². The molecule has 3 rings (SSSR count). The Kier molecular flexibility index (Phi) is 3.12. The second-order valence-electron chi connectivity index (χ2n) is 4.79. The summed E-state index contributed by atoms with van der Waals surface area (Å²) in [6.45, 7) is 2.07. The maximum Gasteiger partial charge on any atom is 0.175 e. The zero-order valence-electron chi connectivity index (χ0n) is 10.1.